The van der Waals surface area contributed by atoms with Crippen LogP contribution < -0.4 is 5.19 Å². The lowest BCUT2D eigenvalue weighted by molar-refractivity contribution is -0.138. The Morgan fingerprint density at radius 1 is 1.06 bits per heavy atom. The molecule has 0 radical (unpaired) electrons. The topological polar surface area (TPSA) is 0 Å². The van der Waals surface area contributed by atoms with Crippen LogP contribution in [0.25, 0.3) is 0 Å². The summed E-state index contributed by atoms with van der Waals surface area (Å²) in [6, 6.07) is 4.58. The van der Waals surface area contributed by atoms with Crippen LogP contribution in [-0.4, -0.2) is 8.07 Å². The molecule has 0 aromatic heterocycles. The van der Waals surface area contributed by atoms with Crippen molar-refractivity contribution in [3.8, 4) is 0 Å². The van der Waals surface area contributed by atoms with Crippen LogP contribution in [0.3, 0.4) is 0 Å². The minimum Gasteiger partial charge on any atom is -0.166 e. The standard InChI is InChI=1S/C13H19F3Si/c1-9(2)12-10(13(14,15)16)7-6-8-11(12)17(3,4)5/h6-9H,1-5H3. The number of alkyl halides is 3. The highest BCUT2D eigenvalue weighted by Gasteiger charge is 2.36. The van der Waals surface area contributed by atoms with Gasteiger partial charge in [0.2, 0.25) is 0 Å². The SMILES string of the molecule is CC(C)c1c(C(F)(F)F)cccc1[Si](C)(C)C. The third-order valence-corrected chi connectivity index (χ3v) is 4.85. The highest BCUT2D eigenvalue weighted by atomic mass is 28.3. The van der Waals surface area contributed by atoms with Crippen molar-refractivity contribution in [2.75, 3.05) is 0 Å². The van der Waals surface area contributed by atoms with Gasteiger partial charge in [-0.3, -0.25) is 0 Å². The van der Waals surface area contributed by atoms with E-state index in [1.807, 2.05) is 19.9 Å². The van der Waals surface area contributed by atoms with Gasteiger partial charge in [-0.05, 0) is 17.5 Å². The van der Waals surface area contributed by atoms with Crippen molar-refractivity contribution in [1.29, 1.82) is 0 Å². The van der Waals surface area contributed by atoms with E-state index in [0.29, 0.717) is 5.56 Å². The predicted molar refractivity (Wildman–Crippen MR) is 68.5 cm³/mol. The van der Waals surface area contributed by atoms with Crippen LogP contribution in [0.4, 0.5) is 13.2 Å². The normalized spacial score (nSPS) is 13.2. The summed E-state index contributed by atoms with van der Waals surface area (Å²) in [7, 11) is -1.75. The largest absolute Gasteiger partial charge is 0.416 e. The zero-order chi connectivity index (χ0) is 13.4. The van der Waals surface area contributed by atoms with Gasteiger partial charge in [0.25, 0.3) is 0 Å². The third kappa shape index (κ3) is 3.12. The summed E-state index contributed by atoms with van der Waals surface area (Å²) in [4.78, 5) is 0. The van der Waals surface area contributed by atoms with E-state index >= 15 is 0 Å². The van der Waals surface area contributed by atoms with E-state index in [1.54, 1.807) is 0 Å². The van der Waals surface area contributed by atoms with E-state index in [1.165, 1.54) is 12.1 Å². The first kappa shape index (κ1) is 14.3. The Morgan fingerprint density at radius 3 is 1.94 bits per heavy atom. The number of benzene rings is 1. The van der Waals surface area contributed by atoms with Crippen LogP contribution in [-0.2, 0) is 6.18 Å². The van der Waals surface area contributed by atoms with E-state index in [2.05, 4.69) is 19.6 Å². The van der Waals surface area contributed by atoms with Crippen LogP contribution in [0, 0.1) is 0 Å². The van der Waals surface area contributed by atoms with Crippen LogP contribution in [0.15, 0.2) is 18.2 Å². The smallest absolute Gasteiger partial charge is 0.166 e. The summed E-state index contributed by atoms with van der Waals surface area (Å²) < 4.78 is 39.0. The van der Waals surface area contributed by atoms with Gasteiger partial charge in [0.15, 0.2) is 0 Å². The van der Waals surface area contributed by atoms with Gasteiger partial charge in [-0.2, -0.15) is 13.2 Å². The minimum absolute atomic E-state index is 0.102. The second-order valence-electron chi connectivity index (χ2n) is 5.67. The summed E-state index contributed by atoms with van der Waals surface area (Å²) in [5, 5.41) is 0.919. The van der Waals surface area contributed by atoms with Gasteiger partial charge in [-0.15, -0.1) is 0 Å². The van der Waals surface area contributed by atoms with Gasteiger partial charge in [0, 0.05) is 0 Å². The van der Waals surface area contributed by atoms with E-state index in [-0.39, 0.29) is 5.92 Å². The molecule has 17 heavy (non-hydrogen) atoms. The zero-order valence-corrected chi connectivity index (χ0v) is 11.9. The fraction of sp³-hybridized carbons (Fsp3) is 0.538. The first-order valence-corrected chi connectivity index (χ1v) is 9.25. The van der Waals surface area contributed by atoms with Crippen molar-refractivity contribution in [2.45, 2.75) is 45.6 Å². The number of hydrogen-bond donors (Lipinski definition) is 0. The van der Waals surface area contributed by atoms with Crippen LogP contribution in [0.2, 0.25) is 19.6 Å². The lowest BCUT2D eigenvalue weighted by Gasteiger charge is -2.26. The summed E-state index contributed by atoms with van der Waals surface area (Å²) >= 11 is 0. The maximum Gasteiger partial charge on any atom is 0.416 e. The Morgan fingerprint density at radius 2 is 1.59 bits per heavy atom. The molecular weight excluding hydrogens is 241 g/mol. The maximum absolute atomic E-state index is 13.0. The van der Waals surface area contributed by atoms with Crippen LogP contribution in [0.5, 0.6) is 0 Å². The Kier molecular flexibility index (Phi) is 3.77. The second-order valence-corrected chi connectivity index (χ2v) is 10.7. The lowest BCUT2D eigenvalue weighted by Crippen LogP contribution is -2.41. The van der Waals surface area contributed by atoms with E-state index in [4.69, 9.17) is 0 Å². The Balaban J connectivity index is 3.55. The molecule has 0 unspecified atom stereocenters. The summed E-state index contributed by atoms with van der Waals surface area (Å²) in [5.74, 6) is -0.102. The zero-order valence-electron chi connectivity index (χ0n) is 10.9. The molecule has 0 saturated heterocycles. The molecule has 0 fully saturated rings. The first-order chi connectivity index (χ1) is 7.55. The molecule has 0 aliphatic carbocycles. The van der Waals surface area contributed by atoms with Gasteiger partial charge in [-0.25, -0.2) is 0 Å². The molecule has 0 spiro atoms. The summed E-state index contributed by atoms with van der Waals surface area (Å²) in [6.07, 6.45) is -4.25. The lowest BCUT2D eigenvalue weighted by atomic mass is 9.97. The van der Waals surface area contributed by atoms with Crippen LogP contribution >= 0.6 is 0 Å². The number of hydrogen-bond acceptors (Lipinski definition) is 0. The van der Waals surface area contributed by atoms with E-state index in [0.717, 1.165) is 5.19 Å². The first-order valence-electron chi connectivity index (χ1n) is 5.75. The molecule has 0 atom stereocenters. The molecule has 0 aliphatic heterocycles. The van der Waals surface area contributed by atoms with Gasteiger partial charge in [0.05, 0.1) is 13.6 Å². The summed E-state index contributed by atoms with van der Waals surface area (Å²) in [6.45, 7) is 9.89. The summed E-state index contributed by atoms with van der Waals surface area (Å²) in [5.41, 5.74) is 0.0200. The van der Waals surface area contributed by atoms with Crippen molar-refractivity contribution < 1.29 is 13.2 Å². The van der Waals surface area contributed by atoms with Crippen LogP contribution in [0.1, 0.15) is 30.9 Å². The third-order valence-electron chi connectivity index (χ3n) is 2.80. The van der Waals surface area contributed by atoms with Crippen molar-refractivity contribution >= 4 is 13.3 Å². The molecule has 1 aromatic carbocycles. The van der Waals surface area contributed by atoms with E-state index in [9.17, 15) is 13.2 Å². The average Bonchev–Trinajstić information content (AvgIpc) is 2.13. The molecule has 1 rings (SSSR count). The highest BCUT2D eigenvalue weighted by Crippen LogP contribution is 2.35. The molecule has 96 valence electrons. The molecule has 0 N–H and O–H groups in total. The van der Waals surface area contributed by atoms with Crippen molar-refractivity contribution in [3.05, 3.63) is 29.3 Å². The van der Waals surface area contributed by atoms with Gasteiger partial charge >= 0.3 is 6.18 Å². The number of rotatable bonds is 2. The Bertz CT molecular complexity index is 368. The molecule has 0 amide bonds. The van der Waals surface area contributed by atoms with Crippen molar-refractivity contribution in [3.63, 3.8) is 0 Å². The Hall–Kier alpha value is -0.773. The molecule has 0 heterocycles. The molecule has 0 bridgehead atoms. The molecule has 4 heteroatoms. The predicted octanol–water partition coefficient (Wildman–Crippen LogP) is 4.37. The minimum atomic E-state index is -4.25. The van der Waals surface area contributed by atoms with Crippen molar-refractivity contribution in [1.82, 2.24) is 0 Å². The maximum atomic E-state index is 13.0. The second kappa shape index (κ2) is 4.48. The molecule has 0 aliphatic rings. The fourth-order valence-electron chi connectivity index (χ4n) is 2.09. The van der Waals surface area contributed by atoms with Gasteiger partial charge < -0.3 is 0 Å². The monoisotopic (exact) mass is 260 g/mol. The molecule has 0 saturated carbocycles. The quantitative estimate of drug-likeness (QED) is 0.692. The number of halogens is 3. The Labute approximate surface area is 102 Å². The molecule has 1 aromatic rings. The molecule has 0 nitrogen and oxygen atoms in total. The van der Waals surface area contributed by atoms with E-state index < -0.39 is 19.8 Å². The van der Waals surface area contributed by atoms with Crippen molar-refractivity contribution in [2.24, 2.45) is 0 Å². The molecular formula is C13H19F3Si. The average molecular weight is 260 g/mol. The highest BCUT2D eigenvalue weighted by molar-refractivity contribution is 6.89. The fourth-order valence-corrected chi connectivity index (χ4v) is 3.92. The van der Waals surface area contributed by atoms with Gasteiger partial charge in [0.1, 0.15) is 0 Å². The van der Waals surface area contributed by atoms with Gasteiger partial charge in [-0.1, -0.05) is 50.8 Å².